The van der Waals surface area contributed by atoms with Crippen LogP contribution in [0.4, 0.5) is 5.69 Å². The van der Waals surface area contributed by atoms with E-state index in [1.807, 2.05) is 6.92 Å². The average molecular weight is 305 g/mol. The molecule has 0 amide bonds. The fraction of sp³-hybridized carbons (Fsp3) is 0.133. The first-order valence-electron chi connectivity index (χ1n) is 6.22. The number of nitrogen functional groups attached to an aromatic ring is 1. The molecule has 21 heavy (non-hydrogen) atoms. The van der Waals surface area contributed by atoms with E-state index in [-0.39, 0.29) is 16.1 Å². The van der Waals surface area contributed by atoms with Crippen LogP contribution in [-0.4, -0.2) is 14.4 Å². The van der Waals surface area contributed by atoms with Gasteiger partial charge >= 0.3 is 16.1 Å². The summed E-state index contributed by atoms with van der Waals surface area (Å²) in [7, 11) is -4.18. The largest absolute Gasteiger partial charge is 0.398 e. The van der Waals surface area contributed by atoms with Crippen LogP contribution in [0, 0.1) is 13.8 Å². The van der Waals surface area contributed by atoms with Crippen molar-refractivity contribution in [3.8, 4) is 0 Å². The summed E-state index contributed by atoms with van der Waals surface area (Å²) in [5.41, 5.74) is 7.26. The smallest absolute Gasteiger partial charge is 0.356 e. The van der Waals surface area contributed by atoms with Gasteiger partial charge in [0.1, 0.15) is 4.90 Å². The van der Waals surface area contributed by atoms with Gasteiger partial charge in [-0.15, -0.1) is 0 Å². The molecule has 0 aromatic heterocycles. The van der Waals surface area contributed by atoms with Crippen LogP contribution < -0.4 is 5.73 Å². The molecule has 0 aliphatic heterocycles. The highest BCUT2D eigenvalue weighted by molar-refractivity contribution is 7.87. The number of anilines is 1. The molecule has 0 spiro atoms. The summed E-state index contributed by atoms with van der Waals surface area (Å²) in [6, 6.07) is 10.9. The van der Waals surface area contributed by atoms with Crippen LogP contribution in [0.15, 0.2) is 47.4 Å². The first-order valence-corrected chi connectivity index (χ1v) is 7.62. The molecule has 2 aromatic carbocycles. The number of nitrogens with two attached hydrogens (primary N) is 1. The van der Waals surface area contributed by atoms with Gasteiger partial charge in [0.2, 0.25) is 0 Å². The minimum atomic E-state index is -4.18. The third-order valence-electron chi connectivity index (χ3n) is 2.97. The van der Waals surface area contributed by atoms with Gasteiger partial charge in [-0.25, -0.2) is 4.79 Å². The Bertz CT molecular complexity index is 797. The molecule has 0 fully saturated rings. The molecule has 0 unspecified atom stereocenters. The highest BCUT2D eigenvalue weighted by Crippen LogP contribution is 2.21. The molecular formula is C15H15NO4S. The van der Waals surface area contributed by atoms with Crippen molar-refractivity contribution in [3.05, 3.63) is 59.2 Å². The van der Waals surface area contributed by atoms with Crippen LogP contribution >= 0.6 is 0 Å². The molecule has 0 saturated carbocycles. The summed E-state index contributed by atoms with van der Waals surface area (Å²) >= 11 is 0. The molecule has 2 N–H and O–H groups in total. The fourth-order valence-electron chi connectivity index (χ4n) is 1.95. The molecule has 0 heterocycles. The summed E-state index contributed by atoms with van der Waals surface area (Å²) in [6.07, 6.45) is 0. The Kier molecular flexibility index (Phi) is 3.99. The molecule has 0 radical (unpaired) electrons. The molecule has 110 valence electrons. The van der Waals surface area contributed by atoms with Crippen LogP contribution in [0.1, 0.15) is 21.5 Å². The molecular weight excluding hydrogens is 290 g/mol. The fourth-order valence-corrected chi connectivity index (χ4v) is 3.02. The Hall–Kier alpha value is -2.34. The molecule has 0 bridgehead atoms. The van der Waals surface area contributed by atoms with Crippen molar-refractivity contribution in [3.63, 3.8) is 0 Å². The van der Waals surface area contributed by atoms with Gasteiger partial charge in [0.05, 0.1) is 5.56 Å². The lowest BCUT2D eigenvalue weighted by atomic mass is 10.2. The summed E-state index contributed by atoms with van der Waals surface area (Å²) < 4.78 is 29.0. The lowest BCUT2D eigenvalue weighted by Gasteiger charge is -2.09. The topological polar surface area (TPSA) is 86.5 Å². The van der Waals surface area contributed by atoms with E-state index in [1.165, 1.54) is 18.2 Å². The SMILES string of the molecule is Cc1ccc(S(=O)(=O)OC(=O)c2ccccc2N)c(C)c1. The summed E-state index contributed by atoms with van der Waals surface area (Å²) in [5.74, 6) is -0.993. The normalized spacial score (nSPS) is 11.1. The second kappa shape index (κ2) is 5.57. The predicted molar refractivity (Wildman–Crippen MR) is 79.4 cm³/mol. The summed E-state index contributed by atoms with van der Waals surface area (Å²) in [5, 5.41) is 0. The Morgan fingerprint density at radius 1 is 1.10 bits per heavy atom. The van der Waals surface area contributed by atoms with Gasteiger partial charge in [0.25, 0.3) is 0 Å². The van der Waals surface area contributed by atoms with E-state index in [2.05, 4.69) is 4.18 Å². The van der Waals surface area contributed by atoms with Crippen molar-refractivity contribution in [1.29, 1.82) is 0 Å². The molecule has 0 aliphatic rings. The van der Waals surface area contributed by atoms with Crippen molar-refractivity contribution in [2.75, 3.05) is 5.73 Å². The van der Waals surface area contributed by atoms with Crippen LogP contribution in [0.25, 0.3) is 0 Å². The van der Waals surface area contributed by atoms with E-state index in [9.17, 15) is 13.2 Å². The molecule has 2 rings (SSSR count). The quantitative estimate of drug-likeness (QED) is 0.695. The van der Waals surface area contributed by atoms with Gasteiger partial charge in [0, 0.05) is 5.69 Å². The maximum atomic E-state index is 12.2. The molecule has 0 aliphatic carbocycles. The zero-order valence-electron chi connectivity index (χ0n) is 11.7. The van der Waals surface area contributed by atoms with E-state index in [1.54, 1.807) is 31.2 Å². The van der Waals surface area contributed by atoms with E-state index in [0.29, 0.717) is 5.56 Å². The van der Waals surface area contributed by atoms with Gasteiger partial charge in [-0.3, -0.25) is 0 Å². The van der Waals surface area contributed by atoms with Crippen molar-refractivity contribution < 1.29 is 17.4 Å². The minimum Gasteiger partial charge on any atom is -0.398 e. The number of carbonyl (C=O) groups excluding carboxylic acids is 1. The Morgan fingerprint density at radius 3 is 2.38 bits per heavy atom. The molecule has 5 nitrogen and oxygen atoms in total. The average Bonchev–Trinajstić information content (AvgIpc) is 2.37. The number of para-hydroxylation sites is 1. The highest BCUT2D eigenvalue weighted by Gasteiger charge is 2.24. The van der Waals surface area contributed by atoms with Crippen molar-refractivity contribution >= 4 is 21.8 Å². The number of hydrogen-bond acceptors (Lipinski definition) is 5. The lowest BCUT2D eigenvalue weighted by molar-refractivity contribution is 0.0748. The summed E-state index contributed by atoms with van der Waals surface area (Å²) in [4.78, 5) is 11.9. The summed E-state index contributed by atoms with van der Waals surface area (Å²) in [6.45, 7) is 3.49. The van der Waals surface area contributed by atoms with Gasteiger partial charge in [-0.1, -0.05) is 29.8 Å². The Morgan fingerprint density at radius 2 is 1.76 bits per heavy atom. The number of carbonyl (C=O) groups is 1. The van der Waals surface area contributed by atoms with Gasteiger partial charge in [-0.05, 0) is 37.6 Å². The van der Waals surface area contributed by atoms with Crippen molar-refractivity contribution in [1.82, 2.24) is 0 Å². The molecule has 0 saturated heterocycles. The number of hydrogen-bond donors (Lipinski definition) is 1. The molecule has 0 atom stereocenters. The second-order valence-corrected chi connectivity index (χ2v) is 6.20. The number of benzene rings is 2. The predicted octanol–water partition coefficient (Wildman–Crippen LogP) is 2.43. The zero-order chi connectivity index (χ0) is 15.6. The van der Waals surface area contributed by atoms with Gasteiger partial charge < -0.3 is 9.92 Å². The third-order valence-corrected chi connectivity index (χ3v) is 4.33. The first-order chi connectivity index (χ1) is 9.81. The van der Waals surface area contributed by atoms with Crippen LogP contribution in [-0.2, 0) is 14.3 Å². The lowest BCUT2D eigenvalue weighted by Crippen LogP contribution is -2.15. The molecule has 6 heteroatoms. The van der Waals surface area contributed by atoms with Gasteiger partial charge in [0.15, 0.2) is 0 Å². The van der Waals surface area contributed by atoms with Crippen LogP contribution in [0.2, 0.25) is 0 Å². The van der Waals surface area contributed by atoms with E-state index in [4.69, 9.17) is 5.73 Å². The molecule has 2 aromatic rings. The Balaban J connectivity index is 2.34. The highest BCUT2D eigenvalue weighted by atomic mass is 32.2. The van der Waals surface area contributed by atoms with Crippen molar-refractivity contribution in [2.24, 2.45) is 0 Å². The van der Waals surface area contributed by atoms with E-state index >= 15 is 0 Å². The van der Waals surface area contributed by atoms with E-state index in [0.717, 1.165) is 5.56 Å². The minimum absolute atomic E-state index is 0.0193. The maximum absolute atomic E-state index is 12.2. The third kappa shape index (κ3) is 3.22. The monoisotopic (exact) mass is 305 g/mol. The standard InChI is InChI=1S/C15H15NO4S/c1-10-7-8-14(11(2)9-10)21(18,19)20-15(17)12-5-3-4-6-13(12)16/h3-9H,16H2,1-2H3. The zero-order valence-corrected chi connectivity index (χ0v) is 12.5. The number of rotatable bonds is 3. The van der Waals surface area contributed by atoms with Crippen molar-refractivity contribution in [2.45, 2.75) is 18.7 Å². The van der Waals surface area contributed by atoms with Gasteiger partial charge in [-0.2, -0.15) is 8.42 Å². The van der Waals surface area contributed by atoms with E-state index < -0.39 is 16.1 Å². The Labute approximate surface area is 123 Å². The van der Waals surface area contributed by atoms with Crippen LogP contribution in [0.5, 0.6) is 0 Å². The maximum Gasteiger partial charge on any atom is 0.356 e. The number of aryl methyl sites for hydroxylation is 2. The first kappa shape index (κ1) is 15.1. The van der Waals surface area contributed by atoms with Crippen LogP contribution in [0.3, 0.4) is 0 Å². The second-order valence-electron chi connectivity index (χ2n) is 4.68.